The van der Waals surface area contributed by atoms with Crippen LogP contribution in [0.2, 0.25) is 0 Å². The summed E-state index contributed by atoms with van der Waals surface area (Å²) in [5, 5.41) is 12.5. The SMILES string of the molecule is CSc1cccc(Oc2ncc(F)cc2C(=O)N[C@H]2CCCCC2CO)c1. The van der Waals surface area contributed by atoms with Crippen LogP contribution >= 0.6 is 11.8 Å². The van der Waals surface area contributed by atoms with E-state index in [0.717, 1.165) is 42.8 Å². The average molecular weight is 390 g/mol. The molecule has 1 aliphatic rings. The van der Waals surface area contributed by atoms with E-state index in [4.69, 9.17) is 4.74 Å². The molecule has 5 nitrogen and oxygen atoms in total. The Morgan fingerprint density at radius 2 is 2.19 bits per heavy atom. The van der Waals surface area contributed by atoms with E-state index in [2.05, 4.69) is 10.3 Å². The van der Waals surface area contributed by atoms with E-state index < -0.39 is 11.7 Å². The van der Waals surface area contributed by atoms with E-state index in [1.165, 1.54) is 0 Å². The van der Waals surface area contributed by atoms with Gasteiger partial charge in [-0.1, -0.05) is 18.9 Å². The van der Waals surface area contributed by atoms with E-state index in [1.54, 1.807) is 17.8 Å². The number of carbonyl (C=O) groups excluding carboxylic acids is 1. The molecular weight excluding hydrogens is 367 g/mol. The van der Waals surface area contributed by atoms with Gasteiger partial charge >= 0.3 is 0 Å². The van der Waals surface area contributed by atoms with Crippen LogP contribution in [0.15, 0.2) is 41.4 Å². The Morgan fingerprint density at radius 1 is 1.37 bits per heavy atom. The van der Waals surface area contributed by atoms with Gasteiger partial charge < -0.3 is 15.2 Å². The molecule has 1 heterocycles. The average Bonchev–Trinajstić information content (AvgIpc) is 2.70. The van der Waals surface area contributed by atoms with E-state index in [1.807, 2.05) is 24.5 Å². The summed E-state index contributed by atoms with van der Waals surface area (Å²) in [5.41, 5.74) is 0.0480. The van der Waals surface area contributed by atoms with Gasteiger partial charge in [-0.3, -0.25) is 4.79 Å². The van der Waals surface area contributed by atoms with Gasteiger partial charge in [0.15, 0.2) is 0 Å². The highest BCUT2D eigenvalue weighted by molar-refractivity contribution is 7.98. The van der Waals surface area contributed by atoms with Gasteiger partial charge in [0.05, 0.1) is 6.20 Å². The van der Waals surface area contributed by atoms with Crippen LogP contribution in [-0.2, 0) is 0 Å². The first kappa shape index (κ1) is 19.6. The molecule has 0 radical (unpaired) electrons. The van der Waals surface area contributed by atoms with Crippen molar-refractivity contribution in [2.24, 2.45) is 5.92 Å². The van der Waals surface area contributed by atoms with Crippen LogP contribution in [0.25, 0.3) is 0 Å². The quantitative estimate of drug-likeness (QED) is 0.729. The molecule has 7 heteroatoms. The minimum atomic E-state index is -0.604. The van der Waals surface area contributed by atoms with Crippen molar-refractivity contribution in [2.45, 2.75) is 36.6 Å². The maximum Gasteiger partial charge on any atom is 0.257 e. The molecule has 1 aliphatic carbocycles. The molecule has 1 amide bonds. The highest BCUT2D eigenvalue weighted by Gasteiger charge is 2.27. The molecule has 0 bridgehead atoms. The molecule has 0 spiro atoms. The molecule has 1 aromatic heterocycles. The number of carbonyl (C=O) groups is 1. The van der Waals surface area contributed by atoms with Crippen molar-refractivity contribution in [3.05, 3.63) is 47.9 Å². The molecule has 1 unspecified atom stereocenters. The second-order valence-electron chi connectivity index (χ2n) is 6.59. The van der Waals surface area contributed by atoms with Gasteiger partial charge in [0.1, 0.15) is 17.1 Å². The lowest BCUT2D eigenvalue weighted by molar-refractivity contribution is 0.0869. The van der Waals surface area contributed by atoms with Gasteiger partial charge in [-0.15, -0.1) is 11.8 Å². The number of nitrogens with one attached hydrogen (secondary N) is 1. The number of rotatable bonds is 6. The smallest absolute Gasteiger partial charge is 0.257 e. The lowest BCUT2D eigenvalue weighted by atomic mass is 9.85. The molecule has 2 N–H and O–H groups in total. The van der Waals surface area contributed by atoms with E-state index in [0.29, 0.717) is 5.75 Å². The molecule has 1 saturated carbocycles. The van der Waals surface area contributed by atoms with Crippen LogP contribution in [0.3, 0.4) is 0 Å². The first-order valence-corrected chi connectivity index (χ1v) is 10.2. The summed E-state index contributed by atoms with van der Waals surface area (Å²) in [6.07, 6.45) is 6.68. The topological polar surface area (TPSA) is 71.5 Å². The number of ether oxygens (including phenoxy) is 1. The number of amides is 1. The van der Waals surface area contributed by atoms with Crippen LogP contribution < -0.4 is 10.1 Å². The van der Waals surface area contributed by atoms with Crippen molar-refractivity contribution in [2.75, 3.05) is 12.9 Å². The van der Waals surface area contributed by atoms with Gasteiger partial charge in [0.25, 0.3) is 5.91 Å². The molecule has 27 heavy (non-hydrogen) atoms. The molecule has 0 saturated heterocycles. The Morgan fingerprint density at radius 3 is 2.96 bits per heavy atom. The van der Waals surface area contributed by atoms with Crippen LogP contribution in [0.4, 0.5) is 4.39 Å². The predicted octanol–water partition coefficient (Wildman–Crippen LogP) is 4.02. The highest BCUT2D eigenvalue weighted by atomic mass is 32.2. The molecule has 144 valence electrons. The summed E-state index contributed by atoms with van der Waals surface area (Å²) < 4.78 is 19.5. The lowest BCUT2D eigenvalue weighted by Gasteiger charge is -2.30. The van der Waals surface area contributed by atoms with Gasteiger partial charge in [-0.2, -0.15) is 0 Å². The fourth-order valence-corrected chi connectivity index (χ4v) is 3.76. The summed E-state index contributed by atoms with van der Waals surface area (Å²) >= 11 is 1.57. The summed E-state index contributed by atoms with van der Waals surface area (Å²) in [6, 6.07) is 8.38. The third kappa shape index (κ3) is 4.99. The number of aromatic nitrogens is 1. The Bertz CT molecular complexity index is 803. The van der Waals surface area contributed by atoms with Gasteiger partial charge in [0.2, 0.25) is 5.88 Å². The molecule has 3 rings (SSSR count). The summed E-state index contributed by atoms with van der Waals surface area (Å²) in [5.74, 6) is -0.438. The van der Waals surface area contributed by atoms with Crippen LogP contribution in [0.1, 0.15) is 36.0 Å². The van der Waals surface area contributed by atoms with Crippen LogP contribution in [0.5, 0.6) is 11.6 Å². The van der Waals surface area contributed by atoms with Crippen LogP contribution in [0, 0.1) is 11.7 Å². The monoisotopic (exact) mass is 390 g/mol. The second kappa shape index (κ2) is 9.19. The summed E-state index contributed by atoms with van der Waals surface area (Å²) in [7, 11) is 0. The Kier molecular flexibility index (Phi) is 6.68. The van der Waals surface area contributed by atoms with E-state index in [9.17, 15) is 14.3 Å². The standard InChI is InChI=1S/C20H23FN2O3S/c1-27-16-7-4-6-15(10-16)26-20-17(9-14(21)11-22-20)19(25)23-18-8-3-2-5-13(18)12-24/h4,6-7,9-11,13,18,24H,2-3,5,8,12H2,1H3,(H,23,25)/t13?,18-/m0/s1. The third-order valence-electron chi connectivity index (χ3n) is 4.78. The Balaban J connectivity index is 1.81. The first-order valence-electron chi connectivity index (χ1n) is 9.00. The summed E-state index contributed by atoms with van der Waals surface area (Å²) in [4.78, 5) is 17.8. The highest BCUT2D eigenvalue weighted by Crippen LogP contribution is 2.28. The molecular formula is C20H23FN2O3S. The number of halogens is 1. The van der Waals surface area contributed by atoms with E-state index >= 15 is 0 Å². The van der Waals surface area contributed by atoms with Crippen molar-refractivity contribution < 1.29 is 19.0 Å². The molecule has 1 fully saturated rings. The second-order valence-corrected chi connectivity index (χ2v) is 7.47. The Labute approximate surface area is 162 Å². The molecule has 2 aromatic rings. The normalized spacial score (nSPS) is 19.5. The summed E-state index contributed by atoms with van der Waals surface area (Å²) in [6.45, 7) is 0.0250. The lowest BCUT2D eigenvalue weighted by Crippen LogP contribution is -2.43. The molecule has 0 aliphatic heterocycles. The number of hydrogen-bond donors (Lipinski definition) is 2. The number of thioether (sulfide) groups is 1. The van der Waals surface area contributed by atoms with E-state index in [-0.39, 0.29) is 30.0 Å². The maximum atomic E-state index is 13.7. The van der Waals surface area contributed by atoms with Crippen LogP contribution in [-0.4, -0.2) is 34.9 Å². The largest absolute Gasteiger partial charge is 0.438 e. The third-order valence-corrected chi connectivity index (χ3v) is 5.50. The van der Waals surface area contributed by atoms with Crippen molar-refractivity contribution in [1.82, 2.24) is 10.3 Å². The minimum absolute atomic E-state index is 0.0202. The minimum Gasteiger partial charge on any atom is -0.438 e. The number of aliphatic hydroxyl groups excluding tert-OH is 1. The van der Waals surface area contributed by atoms with Crippen molar-refractivity contribution in [3.8, 4) is 11.6 Å². The fourth-order valence-electron chi connectivity index (χ4n) is 3.31. The van der Waals surface area contributed by atoms with Crippen molar-refractivity contribution >= 4 is 17.7 Å². The van der Waals surface area contributed by atoms with Crippen molar-refractivity contribution in [1.29, 1.82) is 0 Å². The number of hydrogen-bond acceptors (Lipinski definition) is 5. The van der Waals surface area contributed by atoms with Gasteiger partial charge in [-0.05, 0) is 43.4 Å². The maximum absolute atomic E-state index is 13.7. The zero-order valence-corrected chi connectivity index (χ0v) is 16.0. The number of aliphatic hydroxyl groups is 1. The number of pyridine rings is 1. The number of benzene rings is 1. The predicted molar refractivity (Wildman–Crippen MR) is 103 cm³/mol. The fraction of sp³-hybridized carbons (Fsp3) is 0.400. The zero-order valence-electron chi connectivity index (χ0n) is 15.2. The molecule has 1 aromatic carbocycles. The first-order chi connectivity index (χ1) is 13.1. The van der Waals surface area contributed by atoms with Crippen molar-refractivity contribution in [3.63, 3.8) is 0 Å². The van der Waals surface area contributed by atoms with Gasteiger partial charge in [-0.25, -0.2) is 9.37 Å². The Hall–Kier alpha value is -2.12. The number of nitrogens with zero attached hydrogens (tertiary/aromatic N) is 1. The molecule has 2 atom stereocenters. The van der Waals surface area contributed by atoms with Gasteiger partial charge in [0, 0.05) is 23.5 Å². The zero-order chi connectivity index (χ0) is 19.2.